The van der Waals surface area contributed by atoms with E-state index in [1.54, 1.807) is 0 Å². The SMILES string of the molecule is CC1CCC(C)(C#N)CC1.Cc1ccc(C#N)cc1. The maximum atomic E-state index is 8.79. The van der Waals surface area contributed by atoms with Gasteiger partial charge in [-0.05, 0) is 57.6 Å². The van der Waals surface area contributed by atoms with Crippen LogP contribution in [-0.4, -0.2) is 0 Å². The van der Waals surface area contributed by atoms with Gasteiger partial charge >= 0.3 is 0 Å². The largest absolute Gasteiger partial charge is 0.198 e. The van der Waals surface area contributed by atoms with E-state index in [-0.39, 0.29) is 5.41 Å². The first-order chi connectivity index (χ1) is 8.99. The average molecular weight is 254 g/mol. The van der Waals surface area contributed by atoms with Crippen LogP contribution in [0.1, 0.15) is 50.7 Å². The van der Waals surface area contributed by atoms with Gasteiger partial charge in [0.2, 0.25) is 0 Å². The minimum atomic E-state index is 0.00646. The summed E-state index contributed by atoms with van der Waals surface area (Å²) < 4.78 is 0. The molecule has 0 atom stereocenters. The van der Waals surface area contributed by atoms with Crippen molar-refractivity contribution in [2.75, 3.05) is 0 Å². The Morgan fingerprint density at radius 1 is 1.11 bits per heavy atom. The summed E-state index contributed by atoms with van der Waals surface area (Å²) in [5, 5.41) is 17.2. The Balaban J connectivity index is 0.000000191. The highest BCUT2D eigenvalue weighted by Crippen LogP contribution is 2.37. The van der Waals surface area contributed by atoms with E-state index in [2.05, 4.69) is 26.0 Å². The van der Waals surface area contributed by atoms with Gasteiger partial charge < -0.3 is 0 Å². The van der Waals surface area contributed by atoms with Crippen LogP contribution in [0.15, 0.2) is 24.3 Å². The van der Waals surface area contributed by atoms with Crippen LogP contribution in [0.2, 0.25) is 0 Å². The lowest BCUT2D eigenvalue weighted by Crippen LogP contribution is -2.21. The van der Waals surface area contributed by atoms with Crippen LogP contribution in [0.25, 0.3) is 0 Å². The highest BCUT2D eigenvalue weighted by atomic mass is 14.4. The number of hydrogen-bond acceptors (Lipinski definition) is 2. The molecule has 0 spiro atoms. The van der Waals surface area contributed by atoms with Gasteiger partial charge in [-0.15, -0.1) is 0 Å². The molecule has 0 aliphatic heterocycles. The zero-order valence-electron chi connectivity index (χ0n) is 12.1. The van der Waals surface area contributed by atoms with E-state index < -0.39 is 0 Å². The summed E-state index contributed by atoms with van der Waals surface area (Å²) in [4.78, 5) is 0. The number of nitriles is 2. The first-order valence-corrected chi connectivity index (χ1v) is 6.87. The highest BCUT2D eigenvalue weighted by molar-refractivity contribution is 5.30. The quantitative estimate of drug-likeness (QED) is 0.679. The topological polar surface area (TPSA) is 47.6 Å². The van der Waals surface area contributed by atoms with Crippen molar-refractivity contribution in [3.05, 3.63) is 35.4 Å². The summed E-state index contributed by atoms with van der Waals surface area (Å²) in [6, 6.07) is 11.9. The third-order valence-corrected chi connectivity index (χ3v) is 3.83. The molecule has 0 bridgehead atoms. The molecule has 19 heavy (non-hydrogen) atoms. The van der Waals surface area contributed by atoms with E-state index in [4.69, 9.17) is 10.5 Å². The minimum Gasteiger partial charge on any atom is -0.198 e. The molecule has 1 aliphatic rings. The summed E-state index contributed by atoms with van der Waals surface area (Å²) in [7, 11) is 0. The number of nitrogens with zero attached hydrogens (tertiary/aromatic N) is 2. The fourth-order valence-corrected chi connectivity index (χ4v) is 2.14. The standard InChI is InChI=1S/C9H15N.C8H7N/c1-8-3-5-9(2,7-10)6-4-8;1-7-2-4-8(6-9)5-3-7/h8H,3-6H2,1-2H3;2-5H,1H3. The first kappa shape index (κ1) is 15.3. The molecule has 1 aromatic rings. The lowest BCUT2D eigenvalue weighted by Gasteiger charge is -2.29. The van der Waals surface area contributed by atoms with Gasteiger partial charge in [-0.1, -0.05) is 24.6 Å². The monoisotopic (exact) mass is 254 g/mol. The van der Waals surface area contributed by atoms with Crippen LogP contribution in [-0.2, 0) is 0 Å². The lowest BCUT2D eigenvalue weighted by molar-refractivity contribution is 0.241. The molecule has 100 valence electrons. The van der Waals surface area contributed by atoms with Gasteiger partial charge in [0, 0.05) is 0 Å². The minimum absolute atomic E-state index is 0.00646. The van der Waals surface area contributed by atoms with Crippen LogP contribution in [0.4, 0.5) is 0 Å². The first-order valence-electron chi connectivity index (χ1n) is 6.87. The van der Waals surface area contributed by atoms with Crippen molar-refractivity contribution in [2.45, 2.75) is 46.5 Å². The third-order valence-electron chi connectivity index (χ3n) is 3.83. The van der Waals surface area contributed by atoms with Gasteiger partial charge in [0.25, 0.3) is 0 Å². The Kier molecular flexibility index (Phi) is 5.58. The van der Waals surface area contributed by atoms with Crippen molar-refractivity contribution in [2.24, 2.45) is 11.3 Å². The van der Waals surface area contributed by atoms with Gasteiger partial charge in [0.1, 0.15) is 0 Å². The maximum Gasteiger partial charge on any atom is 0.0991 e. The molecule has 1 aromatic carbocycles. The highest BCUT2D eigenvalue weighted by Gasteiger charge is 2.28. The third kappa shape index (κ3) is 5.14. The molecule has 1 saturated carbocycles. The summed E-state index contributed by atoms with van der Waals surface area (Å²) >= 11 is 0. The zero-order chi connectivity index (χ0) is 14.3. The fourth-order valence-electron chi connectivity index (χ4n) is 2.14. The Bertz CT molecular complexity index is 465. The van der Waals surface area contributed by atoms with Gasteiger partial charge in [0.05, 0.1) is 23.1 Å². The smallest absolute Gasteiger partial charge is 0.0991 e. The lowest BCUT2D eigenvalue weighted by atomic mass is 9.73. The number of hydrogen-bond donors (Lipinski definition) is 0. The molecule has 0 saturated heterocycles. The Labute approximate surface area is 116 Å². The fraction of sp³-hybridized carbons (Fsp3) is 0.529. The molecule has 0 heterocycles. The summed E-state index contributed by atoms with van der Waals surface area (Å²) in [6.07, 6.45) is 4.68. The van der Waals surface area contributed by atoms with Crippen molar-refractivity contribution < 1.29 is 0 Å². The van der Waals surface area contributed by atoms with Crippen molar-refractivity contribution in [1.29, 1.82) is 10.5 Å². The van der Waals surface area contributed by atoms with Crippen molar-refractivity contribution in [1.82, 2.24) is 0 Å². The molecule has 0 aromatic heterocycles. The van der Waals surface area contributed by atoms with Crippen molar-refractivity contribution in [3.63, 3.8) is 0 Å². The second-order valence-electron chi connectivity index (χ2n) is 5.83. The number of rotatable bonds is 0. The van der Waals surface area contributed by atoms with E-state index in [1.807, 2.05) is 31.2 Å². The van der Waals surface area contributed by atoms with Crippen LogP contribution < -0.4 is 0 Å². The van der Waals surface area contributed by atoms with E-state index >= 15 is 0 Å². The molecule has 0 amide bonds. The second kappa shape index (κ2) is 6.95. The van der Waals surface area contributed by atoms with Gasteiger partial charge in [-0.25, -0.2) is 0 Å². The van der Waals surface area contributed by atoms with Gasteiger partial charge in [-0.3, -0.25) is 0 Å². The van der Waals surface area contributed by atoms with Crippen LogP contribution in [0.3, 0.4) is 0 Å². The van der Waals surface area contributed by atoms with E-state index in [1.165, 1.54) is 18.4 Å². The van der Waals surface area contributed by atoms with E-state index in [9.17, 15) is 0 Å². The Morgan fingerprint density at radius 3 is 2.05 bits per heavy atom. The van der Waals surface area contributed by atoms with Gasteiger partial charge in [-0.2, -0.15) is 10.5 Å². The van der Waals surface area contributed by atoms with Crippen molar-refractivity contribution >= 4 is 0 Å². The summed E-state index contributed by atoms with van der Waals surface area (Å²) in [5.74, 6) is 0.849. The van der Waals surface area contributed by atoms with Gasteiger partial charge in [0.15, 0.2) is 0 Å². The van der Waals surface area contributed by atoms with Crippen LogP contribution >= 0.6 is 0 Å². The normalized spacial score (nSPS) is 25.4. The zero-order valence-corrected chi connectivity index (χ0v) is 12.1. The molecular weight excluding hydrogens is 232 g/mol. The summed E-state index contributed by atoms with van der Waals surface area (Å²) in [6.45, 7) is 6.36. The Hall–Kier alpha value is -1.80. The molecule has 0 radical (unpaired) electrons. The molecule has 2 heteroatoms. The molecular formula is C17H22N2. The maximum absolute atomic E-state index is 8.79. The van der Waals surface area contributed by atoms with Crippen LogP contribution in [0.5, 0.6) is 0 Å². The summed E-state index contributed by atoms with van der Waals surface area (Å²) in [5.41, 5.74) is 1.92. The number of aryl methyl sites for hydroxylation is 1. The Morgan fingerprint density at radius 2 is 1.63 bits per heavy atom. The van der Waals surface area contributed by atoms with E-state index in [0.29, 0.717) is 0 Å². The molecule has 1 fully saturated rings. The molecule has 2 rings (SSSR count). The molecule has 0 N–H and O–H groups in total. The van der Waals surface area contributed by atoms with Crippen LogP contribution in [0, 0.1) is 40.9 Å². The number of benzene rings is 1. The second-order valence-corrected chi connectivity index (χ2v) is 5.83. The predicted octanol–water partition coefficient (Wildman–Crippen LogP) is 4.59. The predicted molar refractivity (Wildman–Crippen MR) is 77.2 cm³/mol. The average Bonchev–Trinajstić information content (AvgIpc) is 2.44. The molecule has 1 aliphatic carbocycles. The van der Waals surface area contributed by atoms with Crippen molar-refractivity contribution in [3.8, 4) is 12.1 Å². The van der Waals surface area contributed by atoms with E-state index in [0.717, 1.165) is 24.3 Å². The molecule has 2 nitrogen and oxygen atoms in total. The molecule has 0 unspecified atom stereocenters.